The number of aryl methyl sites for hydroxylation is 2. The molecule has 8 N–H and O–H groups in total. The topological polar surface area (TPSA) is 155 Å². The molecule has 4 rings (SSSR count). The lowest BCUT2D eigenvalue weighted by atomic mass is 10.0. The third-order valence-corrected chi connectivity index (χ3v) is 9.43. The van der Waals surface area contributed by atoms with Crippen molar-refractivity contribution in [3.63, 3.8) is 0 Å². The van der Waals surface area contributed by atoms with Crippen molar-refractivity contribution in [2.45, 2.75) is 71.5 Å². The van der Waals surface area contributed by atoms with Crippen molar-refractivity contribution in [2.24, 2.45) is 0 Å². The van der Waals surface area contributed by atoms with Crippen molar-refractivity contribution in [3.8, 4) is 11.5 Å². The number of nitrogens with zero attached hydrogens (tertiary/aromatic N) is 3. The normalized spacial score (nSPS) is 16.0. The summed E-state index contributed by atoms with van der Waals surface area (Å²) in [6.45, 7) is 10.1. The molecule has 0 spiro atoms. The van der Waals surface area contributed by atoms with Crippen LogP contribution in [-0.2, 0) is 32.7 Å². The molecule has 0 amide bonds. The molecule has 0 saturated heterocycles. The number of aliphatic hydroxyl groups excluding tert-OH is 4. The molecule has 0 saturated carbocycles. The highest BCUT2D eigenvalue weighted by atomic mass is 16.3. The van der Waals surface area contributed by atoms with Gasteiger partial charge in [-0.25, -0.2) is 0 Å². The highest BCUT2D eigenvalue weighted by Crippen LogP contribution is 2.28. The van der Waals surface area contributed by atoms with Crippen LogP contribution in [0.5, 0.6) is 11.5 Å². The predicted molar refractivity (Wildman–Crippen MR) is 201 cm³/mol. The first-order chi connectivity index (χ1) is 24.7. The van der Waals surface area contributed by atoms with Crippen LogP contribution in [-0.4, -0.2) is 117 Å². The molecular weight excluding hydrogens is 646 g/mol. The quantitative estimate of drug-likeness (QED) is 0.111. The maximum atomic E-state index is 11.3. The molecule has 0 bridgehead atoms. The summed E-state index contributed by atoms with van der Waals surface area (Å²) in [6, 6.07) is 17.6. The van der Waals surface area contributed by atoms with Gasteiger partial charge in [0.15, 0.2) is 0 Å². The Kier molecular flexibility index (Phi) is 16.7. The minimum atomic E-state index is -0.456. The van der Waals surface area contributed by atoms with Crippen LogP contribution in [0.2, 0.25) is 0 Å². The van der Waals surface area contributed by atoms with Crippen LogP contribution in [0, 0.1) is 13.8 Å². The standard InChI is InChI=1S/C40H59N5O6/c1-30-17-33(21-41-37(26-46)27-47)39(50)35(19-30)24-44-13-6-11-43(23-32-9-4-3-5-10-32)12-7-14-45(16-8-15-44)25-36-20-31(2)18-34(40(36)51)22-42-38(28-48)29-49/h3-5,8-10,15,17-20,37-38,41-42,46-51H,6-7,11-14,16,21-29H2,1-2H3/b15-8-. The smallest absolute Gasteiger partial charge is 0.125 e. The third-order valence-electron chi connectivity index (χ3n) is 9.43. The number of hydrogen-bond acceptors (Lipinski definition) is 11. The second-order valence-electron chi connectivity index (χ2n) is 13.8. The van der Waals surface area contributed by atoms with Gasteiger partial charge in [0.25, 0.3) is 0 Å². The Hall–Kier alpha value is -3.52. The van der Waals surface area contributed by atoms with Gasteiger partial charge in [-0.2, -0.15) is 0 Å². The molecular formula is C40H59N5O6. The van der Waals surface area contributed by atoms with Crippen molar-refractivity contribution in [1.29, 1.82) is 0 Å². The lowest BCUT2D eigenvalue weighted by molar-refractivity contribution is 0.169. The summed E-state index contributed by atoms with van der Waals surface area (Å²) in [7, 11) is 0. The molecule has 280 valence electrons. The Labute approximate surface area is 303 Å². The molecule has 51 heavy (non-hydrogen) atoms. The van der Waals surface area contributed by atoms with Crippen LogP contribution in [0.4, 0.5) is 0 Å². The summed E-state index contributed by atoms with van der Waals surface area (Å²) in [5.41, 5.74) is 6.46. The lowest BCUT2D eigenvalue weighted by Crippen LogP contribution is -2.35. The number of rotatable bonds is 16. The Morgan fingerprint density at radius 3 is 1.65 bits per heavy atom. The first-order valence-electron chi connectivity index (χ1n) is 18.1. The van der Waals surface area contributed by atoms with Gasteiger partial charge in [-0.05, 0) is 45.0 Å². The number of aromatic hydroxyl groups is 2. The minimum absolute atomic E-state index is 0.189. The average molecular weight is 706 g/mol. The fourth-order valence-electron chi connectivity index (χ4n) is 6.63. The van der Waals surface area contributed by atoms with Crippen molar-refractivity contribution in [2.75, 3.05) is 59.2 Å². The Morgan fingerprint density at radius 1 is 0.608 bits per heavy atom. The Balaban J connectivity index is 1.55. The lowest BCUT2D eigenvalue weighted by Gasteiger charge is -2.29. The van der Waals surface area contributed by atoms with Gasteiger partial charge in [-0.3, -0.25) is 9.80 Å². The van der Waals surface area contributed by atoms with Crippen LogP contribution in [0.25, 0.3) is 0 Å². The molecule has 1 aliphatic rings. The molecule has 3 aromatic rings. The summed E-state index contributed by atoms with van der Waals surface area (Å²) in [4.78, 5) is 7.11. The summed E-state index contributed by atoms with van der Waals surface area (Å²) in [6.07, 6.45) is 6.21. The fraction of sp³-hybridized carbons (Fsp3) is 0.500. The summed E-state index contributed by atoms with van der Waals surface area (Å²) < 4.78 is 0. The minimum Gasteiger partial charge on any atom is -0.507 e. The maximum absolute atomic E-state index is 11.3. The SMILES string of the molecule is Cc1cc(CNC(CO)CO)c(O)c(CN2/C=C\CN(Cc3cc(C)cc(CNC(CO)CO)c3O)CCCN(Cc3ccccc3)CCC2)c1. The average Bonchev–Trinajstić information content (AvgIpc) is 3.12. The Morgan fingerprint density at radius 2 is 1.10 bits per heavy atom. The van der Waals surface area contributed by atoms with Crippen LogP contribution in [0.1, 0.15) is 51.8 Å². The first kappa shape index (κ1) is 40.3. The zero-order chi connectivity index (χ0) is 36.6. The van der Waals surface area contributed by atoms with E-state index >= 15 is 0 Å². The number of hydrogen-bond donors (Lipinski definition) is 8. The number of phenolic OH excluding ortho intramolecular Hbond substituents is 2. The van der Waals surface area contributed by atoms with E-state index in [1.165, 1.54) is 5.56 Å². The van der Waals surface area contributed by atoms with Crippen molar-refractivity contribution in [3.05, 3.63) is 106 Å². The molecule has 0 radical (unpaired) electrons. The van der Waals surface area contributed by atoms with Crippen molar-refractivity contribution in [1.82, 2.24) is 25.3 Å². The molecule has 1 heterocycles. The van der Waals surface area contributed by atoms with Crippen molar-refractivity contribution < 1.29 is 30.6 Å². The summed E-state index contributed by atoms with van der Waals surface area (Å²) in [5, 5.41) is 66.8. The van der Waals surface area contributed by atoms with Gasteiger partial charge >= 0.3 is 0 Å². The molecule has 0 fully saturated rings. The van der Waals surface area contributed by atoms with E-state index in [4.69, 9.17) is 0 Å². The van der Waals surface area contributed by atoms with E-state index in [-0.39, 0.29) is 37.9 Å². The van der Waals surface area contributed by atoms with E-state index in [2.05, 4.69) is 61.9 Å². The first-order valence-corrected chi connectivity index (χ1v) is 18.1. The van der Waals surface area contributed by atoms with E-state index in [1.807, 2.05) is 44.2 Å². The second kappa shape index (κ2) is 21.1. The van der Waals surface area contributed by atoms with Gasteiger partial charge in [0.1, 0.15) is 11.5 Å². The fourth-order valence-corrected chi connectivity index (χ4v) is 6.63. The summed E-state index contributed by atoms with van der Waals surface area (Å²) in [5.74, 6) is 0.453. The molecule has 0 aromatic heterocycles. The van der Waals surface area contributed by atoms with Gasteiger partial charge < -0.3 is 46.2 Å². The van der Waals surface area contributed by atoms with E-state index in [9.17, 15) is 30.6 Å². The second-order valence-corrected chi connectivity index (χ2v) is 13.8. The summed E-state index contributed by atoms with van der Waals surface area (Å²) >= 11 is 0. The molecule has 3 aromatic carbocycles. The zero-order valence-corrected chi connectivity index (χ0v) is 30.3. The van der Waals surface area contributed by atoms with Crippen LogP contribution >= 0.6 is 0 Å². The third kappa shape index (κ3) is 12.9. The Bertz CT molecular complexity index is 1500. The highest BCUT2D eigenvalue weighted by molar-refractivity contribution is 5.44. The number of benzene rings is 3. The predicted octanol–water partition coefficient (Wildman–Crippen LogP) is 2.71. The highest BCUT2D eigenvalue weighted by Gasteiger charge is 2.17. The van der Waals surface area contributed by atoms with Gasteiger partial charge in [0, 0.05) is 81.2 Å². The number of nitrogens with one attached hydrogen (secondary N) is 2. The molecule has 1 aliphatic heterocycles. The van der Waals surface area contributed by atoms with Gasteiger partial charge in [-0.1, -0.05) is 71.8 Å². The molecule has 11 nitrogen and oxygen atoms in total. The number of aliphatic hydroxyl groups is 4. The molecule has 11 heteroatoms. The van der Waals surface area contributed by atoms with Crippen LogP contribution in [0.3, 0.4) is 0 Å². The van der Waals surface area contributed by atoms with Gasteiger partial charge in [-0.15, -0.1) is 0 Å². The van der Waals surface area contributed by atoms with E-state index in [1.54, 1.807) is 0 Å². The monoisotopic (exact) mass is 705 g/mol. The number of phenols is 2. The maximum Gasteiger partial charge on any atom is 0.125 e. The largest absolute Gasteiger partial charge is 0.507 e. The van der Waals surface area contributed by atoms with E-state index in [0.717, 1.165) is 78.9 Å². The molecule has 0 unspecified atom stereocenters. The van der Waals surface area contributed by atoms with E-state index < -0.39 is 12.1 Å². The van der Waals surface area contributed by atoms with Crippen molar-refractivity contribution >= 4 is 0 Å². The van der Waals surface area contributed by atoms with Crippen LogP contribution < -0.4 is 10.6 Å². The van der Waals surface area contributed by atoms with Gasteiger partial charge in [0.05, 0.1) is 38.5 Å². The molecule has 0 atom stereocenters. The molecule has 0 aliphatic carbocycles. The van der Waals surface area contributed by atoms with Gasteiger partial charge in [0.2, 0.25) is 0 Å². The zero-order valence-electron chi connectivity index (χ0n) is 30.3. The van der Waals surface area contributed by atoms with E-state index in [0.29, 0.717) is 32.7 Å². The van der Waals surface area contributed by atoms with Crippen LogP contribution in [0.15, 0.2) is 66.9 Å².